The third kappa shape index (κ3) is 2.71. The van der Waals surface area contributed by atoms with E-state index in [9.17, 15) is 18.0 Å². The quantitative estimate of drug-likeness (QED) is 0.777. The Morgan fingerprint density at radius 2 is 2.05 bits per heavy atom. The van der Waals surface area contributed by atoms with Crippen molar-refractivity contribution in [1.82, 2.24) is 0 Å². The number of hydrogen-bond donors (Lipinski definition) is 0. The second kappa shape index (κ2) is 5.48. The van der Waals surface area contributed by atoms with Gasteiger partial charge in [0.15, 0.2) is 0 Å². The van der Waals surface area contributed by atoms with Crippen LogP contribution in [0.5, 0.6) is 0 Å². The van der Waals surface area contributed by atoms with Crippen LogP contribution >= 0.6 is 0 Å². The predicted octanol–water partition coefficient (Wildman–Crippen LogP) is 4.10. The molecule has 0 bridgehead atoms. The molecule has 2 nitrogen and oxygen atoms in total. The molecule has 2 aromatic rings. The van der Waals surface area contributed by atoms with Crippen molar-refractivity contribution in [3.8, 4) is 0 Å². The fraction of sp³-hybridized carbons (Fsp3) is 0.235. The number of carbonyl (C=O) groups is 1. The van der Waals surface area contributed by atoms with Crippen molar-refractivity contribution >= 4 is 11.6 Å². The van der Waals surface area contributed by atoms with Crippen LogP contribution in [0.25, 0.3) is 0 Å². The summed E-state index contributed by atoms with van der Waals surface area (Å²) in [5.41, 5.74) is 0.994. The number of hydrogen-bond acceptors (Lipinski definition) is 1. The lowest BCUT2D eigenvalue weighted by Gasteiger charge is -2.29. The first-order valence-electron chi connectivity index (χ1n) is 6.95. The Balaban J connectivity index is 1.96. The van der Waals surface area contributed by atoms with Crippen LogP contribution in [0.2, 0.25) is 0 Å². The van der Waals surface area contributed by atoms with Crippen LogP contribution in [0.3, 0.4) is 0 Å². The minimum Gasteiger partial charge on any atom is -0.308 e. The van der Waals surface area contributed by atoms with E-state index < -0.39 is 17.6 Å². The second-order valence-corrected chi connectivity index (χ2v) is 5.19. The number of halogens is 3. The van der Waals surface area contributed by atoms with Gasteiger partial charge in [-0.05, 0) is 54.8 Å². The second-order valence-electron chi connectivity index (χ2n) is 5.19. The van der Waals surface area contributed by atoms with Gasteiger partial charge in [-0.1, -0.05) is 12.1 Å². The number of benzene rings is 2. The molecule has 1 heterocycles. The van der Waals surface area contributed by atoms with Gasteiger partial charge in [0.2, 0.25) is 0 Å². The third-order valence-electron chi connectivity index (χ3n) is 3.72. The monoisotopic (exact) mass is 304 g/mol. The lowest BCUT2D eigenvalue weighted by atomic mass is 10.0. The van der Waals surface area contributed by atoms with E-state index in [2.05, 4.69) is 6.07 Å². The molecule has 1 aliphatic heterocycles. The molecule has 0 aromatic heterocycles. The van der Waals surface area contributed by atoms with Crippen molar-refractivity contribution in [3.05, 3.63) is 65.2 Å². The van der Waals surface area contributed by atoms with Crippen molar-refractivity contribution in [1.29, 1.82) is 0 Å². The van der Waals surface area contributed by atoms with E-state index >= 15 is 0 Å². The Morgan fingerprint density at radius 1 is 1.23 bits per heavy atom. The molecule has 5 heteroatoms. The van der Waals surface area contributed by atoms with Gasteiger partial charge in [0.1, 0.15) is 0 Å². The van der Waals surface area contributed by atoms with E-state index in [1.807, 2.05) is 6.07 Å². The summed E-state index contributed by atoms with van der Waals surface area (Å²) in [4.78, 5) is 14.1. The average Bonchev–Trinajstić information content (AvgIpc) is 2.53. The molecule has 0 saturated carbocycles. The minimum absolute atomic E-state index is 0.0514. The molecule has 3 rings (SSSR count). The molecule has 1 aliphatic rings. The normalized spacial score (nSPS) is 14.6. The Kier molecular flexibility index (Phi) is 3.64. The maximum atomic E-state index is 12.8. The first-order valence-corrected chi connectivity index (χ1v) is 6.95. The van der Waals surface area contributed by atoms with Crippen LogP contribution in [-0.2, 0) is 12.6 Å². The number of nitrogens with zero attached hydrogens (tertiary/aromatic N) is 1. The zero-order valence-corrected chi connectivity index (χ0v) is 11.7. The van der Waals surface area contributed by atoms with Crippen molar-refractivity contribution in [2.45, 2.75) is 19.0 Å². The van der Waals surface area contributed by atoms with Gasteiger partial charge >= 0.3 is 6.18 Å². The van der Waals surface area contributed by atoms with Crippen LogP contribution in [0.4, 0.5) is 18.9 Å². The highest BCUT2D eigenvalue weighted by molar-refractivity contribution is 6.06. The summed E-state index contributed by atoms with van der Waals surface area (Å²) < 4.78 is 38.4. The Morgan fingerprint density at radius 3 is 2.82 bits per heavy atom. The van der Waals surface area contributed by atoms with E-state index in [1.54, 1.807) is 17.0 Å². The molecule has 22 heavy (non-hydrogen) atoms. The topological polar surface area (TPSA) is 20.3 Å². The highest BCUT2D eigenvalue weighted by atomic mass is 19.4. The summed E-state index contributed by atoms with van der Waals surface area (Å²) >= 11 is 0. The van der Waals surface area contributed by atoms with E-state index in [1.165, 1.54) is 12.1 Å². The van der Waals surface area contributed by atoms with Crippen molar-refractivity contribution < 1.29 is 18.0 Å². The molecule has 0 unspecified atom stereocenters. The first kappa shape index (κ1) is 14.6. The first-order chi connectivity index (χ1) is 10.5. The zero-order valence-electron chi connectivity index (χ0n) is 11.7. The molecule has 113 valence electrons. The highest BCUT2D eigenvalue weighted by Gasteiger charge is 2.32. The molecule has 1 radical (unpaired) electrons. The highest BCUT2D eigenvalue weighted by Crippen LogP contribution is 2.31. The molecule has 0 aliphatic carbocycles. The van der Waals surface area contributed by atoms with Gasteiger partial charge in [0, 0.05) is 17.8 Å². The summed E-state index contributed by atoms with van der Waals surface area (Å²) in [7, 11) is 0. The number of amides is 1. The van der Waals surface area contributed by atoms with Gasteiger partial charge in [0.25, 0.3) is 5.91 Å². The zero-order chi connectivity index (χ0) is 15.7. The fourth-order valence-electron chi connectivity index (χ4n) is 2.66. The molecular formula is C17H13F3NO. The van der Waals surface area contributed by atoms with E-state index in [-0.39, 0.29) is 5.56 Å². The summed E-state index contributed by atoms with van der Waals surface area (Å²) in [6, 6.07) is 12.8. The number of anilines is 1. The fourth-order valence-corrected chi connectivity index (χ4v) is 2.66. The van der Waals surface area contributed by atoms with Crippen molar-refractivity contribution in [3.63, 3.8) is 0 Å². The molecule has 0 fully saturated rings. The molecule has 0 N–H and O–H groups in total. The summed E-state index contributed by atoms with van der Waals surface area (Å²) in [5, 5.41) is 0. The van der Waals surface area contributed by atoms with Crippen molar-refractivity contribution in [2.24, 2.45) is 0 Å². The largest absolute Gasteiger partial charge is 0.416 e. The van der Waals surface area contributed by atoms with Gasteiger partial charge in [-0.2, -0.15) is 13.2 Å². The standard InChI is InChI=1S/C17H13F3NO/c18-17(19,20)14-8-3-6-13(11-14)16(22)21-10-4-7-12-5-1-2-9-15(12)21/h2-3,5-6,8-9,11H,4,7,10H2. The SMILES string of the molecule is O=C(c1cccc(C(F)(F)F)c1)N1CCCc2c[c]ccc21. The molecular weight excluding hydrogens is 291 g/mol. The van der Waals surface area contributed by atoms with E-state index in [0.29, 0.717) is 6.54 Å². The molecule has 2 aromatic carbocycles. The van der Waals surface area contributed by atoms with Gasteiger partial charge in [-0.3, -0.25) is 4.79 Å². The molecule has 1 amide bonds. The van der Waals surface area contributed by atoms with E-state index in [0.717, 1.165) is 36.2 Å². The Hall–Kier alpha value is -2.30. The predicted molar refractivity (Wildman–Crippen MR) is 76.7 cm³/mol. The van der Waals surface area contributed by atoms with Gasteiger partial charge in [-0.15, -0.1) is 0 Å². The maximum absolute atomic E-state index is 12.8. The number of alkyl halides is 3. The lowest BCUT2D eigenvalue weighted by Crippen LogP contribution is -2.35. The van der Waals surface area contributed by atoms with Crippen LogP contribution < -0.4 is 4.90 Å². The van der Waals surface area contributed by atoms with Crippen LogP contribution in [0.15, 0.2) is 42.5 Å². The Bertz CT molecular complexity index is 709. The average molecular weight is 304 g/mol. The number of carbonyl (C=O) groups excluding carboxylic acids is 1. The van der Waals surface area contributed by atoms with Crippen LogP contribution in [0.1, 0.15) is 27.9 Å². The minimum atomic E-state index is -4.45. The van der Waals surface area contributed by atoms with E-state index in [4.69, 9.17) is 0 Å². The summed E-state index contributed by atoms with van der Waals surface area (Å²) in [5.74, 6) is -0.404. The number of aryl methyl sites for hydroxylation is 1. The van der Waals surface area contributed by atoms with Crippen LogP contribution in [-0.4, -0.2) is 12.5 Å². The molecule has 0 atom stereocenters. The van der Waals surface area contributed by atoms with Crippen molar-refractivity contribution in [2.75, 3.05) is 11.4 Å². The van der Waals surface area contributed by atoms with Crippen LogP contribution in [0, 0.1) is 6.07 Å². The van der Waals surface area contributed by atoms with Gasteiger partial charge < -0.3 is 4.90 Å². The molecule has 0 saturated heterocycles. The third-order valence-corrected chi connectivity index (χ3v) is 3.72. The van der Waals surface area contributed by atoms with Gasteiger partial charge in [0.05, 0.1) is 5.56 Å². The molecule has 0 spiro atoms. The maximum Gasteiger partial charge on any atom is 0.416 e. The summed E-state index contributed by atoms with van der Waals surface area (Å²) in [6.07, 6.45) is -2.82. The Labute approximate surface area is 126 Å². The number of rotatable bonds is 1. The van der Waals surface area contributed by atoms with Gasteiger partial charge in [-0.25, -0.2) is 0 Å². The lowest BCUT2D eigenvalue weighted by molar-refractivity contribution is -0.137. The number of fused-ring (bicyclic) bond motifs is 1. The summed E-state index contributed by atoms with van der Waals surface area (Å²) in [6.45, 7) is 0.506. The smallest absolute Gasteiger partial charge is 0.308 e.